The molecule has 0 N–H and O–H groups in total. The topological polar surface area (TPSA) is 43.5 Å². The van der Waals surface area contributed by atoms with E-state index >= 15 is 0 Å². The zero-order chi connectivity index (χ0) is 17.5. The van der Waals surface area contributed by atoms with E-state index in [1.807, 2.05) is 12.1 Å². The first-order chi connectivity index (χ1) is 11.2. The van der Waals surface area contributed by atoms with Crippen LogP contribution in [0.15, 0.2) is 12.1 Å². The predicted molar refractivity (Wildman–Crippen MR) is 94.3 cm³/mol. The molecule has 2 fully saturated rings. The van der Waals surface area contributed by atoms with Gasteiger partial charge in [-0.05, 0) is 23.0 Å². The molecule has 0 radical (unpaired) electrons. The van der Waals surface area contributed by atoms with Gasteiger partial charge in [0.25, 0.3) is 0 Å². The van der Waals surface area contributed by atoms with Crippen LogP contribution in [0.25, 0.3) is 0 Å². The zero-order valence-corrected chi connectivity index (χ0v) is 15.8. The molecule has 0 spiro atoms. The number of benzene rings is 1. The quantitative estimate of drug-likeness (QED) is 0.742. The third kappa shape index (κ3) is 4.22. The summed E-state index contributed by atoms with van der Waals surface area (Å²) in [5, 5.41) is 0. The highest BCUT2D eigenvalue weighted by atomic mass is 16.6. The average Bonchev–Trinajstić information content (AvgIpc) is 3.34. The summed E-state index contributed by atoms with van der Waals surface area (Å²) in [4.78, 5) is 0. The minimum absolute atomic E-state index is 0.0438. The summed E-state index contributed by atoms with van der Waals surface area (Å²) in [6.45, 7) is 16.2. The lowest BCUT2D eigenvalue weighted by Crippen LogP contribution is -2.25. The molecule has 0 bridgehead atoms. The second-order valence-electron chi connectivity index (χ2n) is 8.84. The fraction of sp³-hybridized carbons (Fsp3) is 0.700. The van der Waals surface area contributed by atoms with Crippen LogP contribution in [0.3, 0.4) is 0 Å². The molecule has 2 aliphatic rings. The Balaban J connectivity index is 1.99. The smallest absolute Gasteiger partial charge is 0.123 e. The maximum atomic E-state index is 6.11. The number of ether oxygens (including phenoxy) is 4. The fourth-order valence-electron chi connectivity index (χ4n) is 2.99. The number of rotatable bonds is 6. The summed E-state index contributed by atoms with van der Waals surface area (Å²) < 4.78 is 22.8. The first-order valence-electron chi connectivity index (χ1n) is 8.83. The summed E-state index contributed by atoms with van der Waals surface area (Å²) in [5.41, 5.74) is 2.37. The highest BCUT2D eigenvalue weighted by Gasteiger charge is 2.34. The molecular weight excluding hydrogens is 304 g/mol. The summed E-state index contributed by atoms with van der Waals surface area (Å²) in [7, 11) is 0. The van der Waals surface area contributed by atoms with Crippen molar-refractivity contribution in [2.75, 3.05) is 26.4 Å². The Morgan fingerprint density at radius 1 is 0.792 bits per heavy atom. The van der Waals surface area contributed by atoms with Crippen molar-refractivity contribution in [3.63, 3.8) is 0 Å². The lowest BCUT2D eigenvalue weighted by atomic mass is 9.74. The Morgan fingerprint density at radius 3 is 1.38 bits per heavy atom. The molecule has 1 aromatic rings. The van der Waals surface area contributed by atoms with Crippen LogP contribution in [0.2, 0.25) is 0 Å². The summed E-state index contributed by atoms with van der Waals surface area (Å²) in [5.74, 6) is 1.89. The van der Waals surface area contributed by atoms with Crippen molar-refractivity contribution in [1.29, 1.82) is 0 Å². The normalized spacial score (nSPS) is 23.1. The van der Waals surface area contributed by atoms with Crippen LogP contribution in [-0.4, -0.2) is 38.6 Å². The van der Waals surface area contributed by atoms with Gasteiger partial charge in [-0.25, -0.2) is 0 Å². The van der Waals surface area contributed by atoms with Gasteiger partial charge in [-0.15, -0.1) is 0 Å². The van der Waals surface area contributed by atoms with Crippen LogP contribution in [-0.2, 0) is 20.3 Å². The van der Waals surface area contributed by atoms with Gasteiger partial charge >= 0.3 is 0 Å². The Morgan fingerprint density at radius 2 is 1.12 bits per heavy atom. The van der Waals surface area contributed by atoms with E-state index in [9.17, 15) is 0 Å². The number of hydrogen-bond donors (Lipinski definition) is 0. The van der Waals surface area contributed by atoms with Gasteiger partial charge in [0, 0.05) is 11.1 Å². The highest BCUT2D eigenvalue weighted by molar-refractivity contribution is 5.55. The van der Waals surface area contributed by atoms with E-state index < -0.39 is 0 Å². The molecule has 2 aliphatic heterocycles. The summed E-state index contributed by atoms with van der Waals surface area (Å²) in [6.07, 6.45) is 0.498. The molecule has 24 heavy (non-hydrogen) atoms. The predicted octanol–water partition coefficient (Wildman–Crippen LogP) is 3.84. The largest absolute Gasteiger partial charge is 0.490 e. The first-order valence-corrected chi connectivity index (χ1v) is 8.83. The van der Waals surface area contributed by atoms with Crippen molar-refractivity contribution in [3.05, 3.63) is 23.3 Å². The Kier molecular flexibility index (Phi) is 4.56. The molecule has 3 rings (SSSR count). The van der Waals surface area contributed by atoms with Crippen LogP contribution in [0.4, 0.5) is 0 Å². The van der Waals surface area contributed by atoms with Gasteiger partial charge in [0.05, 0.1) is 13.2 Å². The van der Waals surface area contributed by atoms with E-state index in [0.717, 1.165) is 24.7 Å². The van der Waals surface area contributed by atoms with Crippen LogP contribution < -0.4 is 9.47 Å². The van der Waals surface area contributed by atoms with E-state index in [0.29, 0.717) is 13.2 Å². The lowest BCUT2D eigenvalue weighted by molar-refractivity contribution is 0.248. The average molecular weight is 334 g/mol. The summed E-state index contributed by atoms with van der Waals surface area (Å²) in [6, 6.07) is 4.09. The van der Waals surface area contributed by atoms with Gasteiger partial charge in [0.2, 0.25) is 0 Å². The van der Waals surface area contributed by atoms with Crippen LogP contribution in [0.5, 0.6) is 11.5 Å². The molecule has 134 valence electrons. The van der Waals surface area contributed by atoms with Crippen molar-refractivity contribution in [1.82, 2.24) is 0 Å². The maximum Gasteiger partial charge on any atom is 0.123 e. The molecule has 2 atom stereocenters. The Bertz CT molecular complexity index is 534. The minimum Gasteiger partial charge on any atom is -0.490 e. The fourth-order valence-corrected chi connectivity index (χ4v) is 2.99. The van der Waals surface area contributed by atoms with E-state index in [2.05, 4.69) is 41.5 Å². The van der Waals surface area contributed by atoms with Crippen molar-refractivity contribution in [3.8, 4) is 11.5 Å². The van der Waals surface area contributed by atoms with E-state index in [-0.39, 0.29) is 23.0 Å². The zero-order valence-electron chi connectivity index (χ0n) is 15.8. The highest BCUT2D eigenvalue weighted by Crippen LogP contribution is 2.45. The molecule has 0 aromatic heterocycles. The third-order valence-electron chi connectivity index (χ3n) is 4.28. The molecule has 0 saturated carbocycles. The van der Waals surface area contributed by atoms with Gasteiger partial charge < -0.3 is 18.9 Å². The number of epoxide rings is 2. The van der Waals surface area contributed by atoms with Crippen molar-refractivity contribution in [2.45, 2.75) is 64.6 Å². The van der Waals surface area contributed by atoms with E-state index in [4.69, 9.17) is 18.9 Å². The van der Waals surface area contributed by atoms with Crippen LogP contribution in [0, 0.1) is 0 Å². The van der Waals surface area contributed by atoms with Gasteiger partial charge in [0.15, 0.2) is 0 Å². The maximum absolute atomic E-state index is 6.11. The number of hydrogen-bond acceptors (Lipinski definition) is 4. The Labute approximate surface area is 145 Å². The van der Waals surface area contributed by atoms with Gasteiger partial charge in [-0.2, -0.15) is 0 Å². The third-order valence-corrected chi connectivity index (χ3v) is 4.28. The molecule has 4 nitrogen and oxygen atoms in total. The van der Waals surface area contributed by atoms with Gasteiger partial charge in [-0.1, -0.05) is 41.5 Å². The van der Waals surface area contributed by atoms with Crippen molar-refractivity contribution < 1.29 is 18.9 Å². The standard InChI is InChI=1S/C20H30O4/c1-19(2,3)17-15(23-11-13-9-21-13)7-8-16(18(17)20(4,5)6)24-12-14-10-22-14/h7-8,13-14H,9-12H2,1-6H3. The molecular formula is C20H30O4. The molecule has 0 amide bonds. The van der Waals surface area contributed by atoms with Crippen molar-refractivity contribution in [2.24, 2.45) is 0 Å². The SMILES string of the molecule is CC(C)(C)c1c(OCC2CO2)ccc(OCC2CO2)c1C(C)(C)C. The van der Waals surface area contributed by atoms with Crippen LogP contribution in [0.1, 0.15) is 52.7 Å². The molecule has 2 saturated heterocycles. The minimum atomic E-state index is -0.0438. The monoisotopic (exact) mass is 334 g/mol. The molecule has 2 heterocycles. The molecule has 0 aliphatic carbocycles. The summed E-state index contributed by atoms with van der Waals surface area (Å²) >= 11 is 0. The van der Waals surface area contributed by atoms with E-state index in [1.165, 1.54) is 11.1 Å². The van der Waals surface area contributed by atoms with Crippen molar-refractivity contribution >= 4 is 0 Å². The van der Waals surface area contributed by atoms with Gasteiger partial charge in [0.1, 0.15) is 36.9 Å². The molecule has 1 aromatic carbocycles. The Hall–Kier alpha value is -1.26. The second-order valence-corrected chi connectivity index (χ2v) is 8.84. The molecule has 2 unspecified atom stereocenters. The van der Waals surface area contributed by atoms with E-state index in [1.54, 1.807) is 0 Å². The second kappa shape index (κ2) is 6.23. The van der Waals surface area contributed by atoms with Crippen LogP contribution >= 0.6 is 0 Å². The first kappa shape index (κ1) is 17.6. The molecule has 4 heteroatoms. The van der Waals surface area contributed by atoms with Gasteiger partial charge in [-0.3, -0.25) is 0 Å². The lowest BCUT2D eigenvalue weighted by Gasteiger charge is -2.33.